The maximum atomic E-state index is 13.3. The molecule has 2 unspecified atom stereocenters. The van der Waals surface area contributed by atoms with E-state index in [1.165, 1.54) is 11.1 Å². The number of hydrogen-bond acceptors (Lipinski definition) is 2. The number of nitrogens with one attached hydrogen (secondary N) is 1. The maximum absolute atomic E-state index is 13.3. The molecule has 3 aromatic rings. The average molecular weight is 361 g/mol. The number of fused-ring (bicyclic) bond motifs is 1. The number of benzene rings is 2. The van der Waals surface area contributed by atoms with Crippen LogP contribution in [0, 0.1) is 0 Å². The Morgan fingerprint density at radius 2 is 2.04 bits per heavy atom. The zero-order chi connectivity index (χ0) is 18.8. The molecule has 4 rings (SSSR count). The van der Waals surface area contributed by atoms with Gasteiger partial charge in [-0.25, -0.2) is 4.39 Å². The number of rotatable bonds is 5. The third kappa shape index (κ3) is 3.65. The van der Waals surface area contributed by atoms with Crippen molar-refractivity contribution in [2.24, 2.45) is 0 Å². The van der Waals surface area contributed by atoms with Gasteiger partial charge < -0.3 is 5.73 Å². The van der Waals surface area contributed by atoms with Gasteiger partial charge in [-0.1, -0.05) is 31.2 Å². The molecule has 0 spiro atoms. The van der Waals surface area contributed by atoms with Crippen LogP contribution in [0.5, 0.6) is 0 Å². The first-order chi connectivity index (χ1) is 13.1. The van der Waals surface area contributed by atoms with E-state index in [-0.39, 0.29) is 11.7 Å². The Balaban J connectivity index is 1.61. The van der Waals surface area contributed by atoms with Gasteiger partial charge in [0.2, 0.25) is 0 Å². The summed E-state index contributed by atoms with van der Waals surface area (Å²) in [6.45, 7) is 2.22. The zero-order valence-electron chi connectivity index (χ0n) is 15.5. The molecule has 3 N–H and O–H groups in total. The van der Waals surface area contributed by atoms with Gasteiger partial charge in [-0.05, 0) is 72.7 Å². The van der Waals surface area contributed by atoms with Crippen molar-refractivity contribution in [1.82, 2.24) is 10.2 Å². The lowest BCUT2D eigenvalue weighted by atomic mass is 9.88. The van der Waals surface area contributed by atoms with Gasteiger partial charge in [-0.3, -0.25) is 5.10 Å². The number of nitrogen functional groups attached to an aromatic ring is 1. The second-order valence-corrected chi connectivity index (χ2v) is 7.26. The van der Waals surface area contributed by atoms with E-state index in [2.05, 4.69) is 47.5 Å². The highest BCUT2D eigenvalue weighted by atomic mass is 19.1. The number of anilines is 1. The molecule has 3 nitrogen and oxygen atoms in total. The average Bonchev–Trinajstić information content (AvgIpc) is 3.11. The summed E-state index contributed by atoms with van der Waals surface area (Å²) < 4.78 is 13.3. The van der Waals surface area contributed by atoms with Crippen molar-refractivity contribution in [2.45, 2.75) is 38.0 Å². The van der Waals surface area contributed by atoms with Gasteiger partial charge in [0.1, 0.15) is 5.83 Å². The molecule has 0 radical (unpaired) electrons. The van der Waals surface area contributed by atoms with Crippen molar-refractivity contribution in [3.8, 4) is 0 Å². The Labute approximate surface area is 158 Å². The molecule has 2 atom stereocenters. The van der Waals surface area contributed by atoms with Crippen LogP contribution in [0.25, 0.3) is 10.9 Å². The fourth-order valence-electron chi connectivity index (χ4n) is 3.85. The third-order valence-corrected chi connectivity index (χ3v) is 5.46. The van der Waals surface area contributed by atoms with E-state index in [0.717, 1.165) is 35.1 Å². The topological polar surface area (TPSA) is 54.7 Å². The van der Waals surface area contributed by atoms with Crippen LogP contribution in [0.2, 0.25) is 0 Å². The van der Waals surface area contributed by atoms with E-state index in [0.29, 0.717) is 12.3 Å². The first-order valence-electron chi connectivity index (χ1n) is 9.50. The summed E-state index contributed by atoms with van der Waals surface area (Å²) in [5.74, 6) is 0.430. The van der Waals surface area contributed by atoms with Crippen molar-refractivity contribution < 1.29 is 4.39 Å². The van der Waals surface area contributed by atoms with Gasteiger partial charge in [0, 0.05) is 17.0 Å². The Bertz CT molecular complexity index is 998. The summed E-state index contributed by atoms with van der Waals surface area (Å²) in [6.07, 6.45) is 7.78. The lowest BCUT2D eigenvalue weighted by Gasteiger charge is -2.16. The summed E-state index contributed by atoms with van der Waals surface area (Å²) in [4.78, 5) is 0. The minimum atomic E-state index is -0.162. The summed E-state index contributed by atoms with van der Waals surface area (Å²) in [5.41, 5.74) is 11.2. The highest BCUT2D eigenvalue weighted by Gasteiger charge is 2.18. The lowest BCUT2D eigenvalue weighted by molar-refractivity contribution is 0.641. The SMILES string of the molecule is CCC(Cc1ccc2n[nH]c(C3C=CC(F)=CC3)c2c1)c1ccc(N)cc1. The Hall–Kier alpha value is -2.88. The van der Waals surface area contributed by atoms with Crippen molar-refractivity contribution in [1.29, 1.82) is 0 Å². The van der Waals surface area contributed by atoms with Crippen molar-refractivity contribution >= 4 is 16.6 Å². The smallest absolute Gasteiger partial charge is 0.118 e. The van der Waals surface area contributed by atoms with Gasteiger partial charge in [0.05, 0.1) is 11.2 Å². The maximum Gasteiger partial charge on any atom is 0.118 e. The van der Waals surface area contributed by atoms with E-state index in [1.807, 2.05) is 18.2 Å². The summed E-state index contributed by atoms with van der Waals surface area (Å²) in [6, 6.07) is 14.6. The Morgan fingerprint density at radius 1 is 1.22 bits per heavy atom. The summed E-state index contributed by atoms with van der Waals surface area (Å²) in [5, 5.41) is 8.73. The highest BCUT2D eigenvalue weighted by molar-refractivity contribution is 5.83. The second-order valence-electron chi connectivity index (χ2n) is 7.26. The van der Waals surface area contributed by atoms with Crippen LogP contribution >= 0.6 is 0 Å². The third-order valence-electron chi connectivity index (χ3n) is 5.46. The number of hydrogen-bond donors (Lipinski definition) is 2. The second kappa shape index (κ2) is 7.39. The fraction of sp³-hybridized carbons (Fsp3) is 0.261. The molecule has 0 aliphatic heterocycles. The standard InChI is InChI=1S/C23H24FN3/c1-2-16(17-6-10-20(25)11-7-17)13-15-3-12-22-21(14-15)23(27-26-22)18-4-8-19(24)9-5-18/h3-4,6-12,14,16,18H,2,5,13,25H2,1H3,(H,26,27). The van der Waals surface area contributed by atoms with Crippen LogP contribution in [0.4, 0.5) is 10.1 Å². The monoisotopic (exact) mass is 361 g/mol. The highest BCUT2D eigenvalue weighted by Crippen LogP contribution is 2.32. The number of halogens is 1. The minimum Gasteiger partial charge on any atom is -0.399 e. The van der Waals surface area contributed by atoms with Crippen LogP contribution in [0.1, 0.15) is 48.4 Å². The van der Waals surface area contributed by atoms with Crippen LogP contribution in [0.3, 0.4) is 0 Å². The molecule has 0 saturated carbocycles. The first-order valence-corrected chi connectivity index (χ1v) is 9.50. The van der Waals surface area contributed by atoms with Crippen LogP contribution in [-0.2, 0) is 6.42 Å². The van der Waals surface area contributed by atoms with Crippen molar-refractivity contribution in [3.05, 3.63) is 83.3 Å². The number of allylic oxidation sites excluding steroid dienone is 4. The van der Waals surface area contributed by atoms with E-state index in [4.69, 9.17) is 5.73 Å². The molecule has 1 aliphatic carbocycles. The molecule has 2 aromatic carbocycles. The van der Waals surface area contributed by atoms with Gasteiger partial charge >= 0.3 is 0 Å². The van der Waals surface area contributed by atoms with Gasteiger partial charge in [0.25, 0.3) is 0 Å². The molecule has 0 saturated heterocycles. The van der Waals surface area contributed by atoms with Gasteiger partial charge in [0.15, 0.2) is 0 Å². The number of H-pyrrole nitrogens is 1. The first kappa shape index (κ1) is 17.5. The number of nitrogens with zero attached hydrogens (tertiary/aromatic N) is 1. The van der Waals surface area contributed by atoms with E-state index in [9.17, 15) is 4.39 Å². The van der Waals surface area contributed by atoms with Gasteiger partial charge in [-0.15, -0.1) is 0 Å². The number of nitrogens with two attached hydrogens (primary N) is 1. The Kier molecular flexibility index (Phi) is 4.80. The van der Waals surface area contributed by atoms with Crippen LogP contribution < -0.4 is 5.73 Å². The van der Waals surface area contributed by atoms with Crippen molar-refractivity contribution in [3.63, 3.8) is 0 Å². The molecule has 138 valence electrons. The van der Waals surface area contributed by atoms with Crippen LogP contribution in [-0.4, -0.2) is 10.2 Å². The molecule has 1 heterocycles. The predicted octanol–water partition coefficient (Wildman–Crippen LogP) is 5.78. The van der Waals surface area contributed by atoms with E-state index in [1.54, 1.807) is 12.2 Å². The quantitative estimate of drug-likeness (QED) is 0.566. The molecule has 0 fully saturated rings. The molecule has 4 heteroatoms. The Morgan fingerprint density at radius 3 is 2.74 bits per heavy atom. The van der Waals surface area contributed by atoms with Crippen molar-refractivity contribution in [2.75, 3.05) is 5.73 Å². The molecular formula is C23H24FN3. The van der Waals surface area contributed by atoms with Crippen LogP contribution in [0.15, 0.2) is 66.5 Å². The molecule has 1 aliphatic rings. The van der Waals surface area contributed by atoms with E-state index >= 15 is 0 Å². The normalized spacial score (nSPS) is 17.9. The molecular weight excluding hydrogens is 337 g/mol. The molecule has 0 amide bonds. The number of aromatic amines is 1. The lowest BCUT2D eigenvalue weighted by Crippen LogP contribution is -2.02. The molecule has 1 aromatic heterocycles. The van der Waals surface area contributed by atoms with E-state index < -0.39 is 0 Å². The molecule has 0 bridgehead atoms. The fourth-order valence-corrected chi connectivity index (χ4v) is 3.85. The number of aromatic nitrogens is 2. The zero-order valence-corrected chi connectivity index (χ0v) is 15.5. The summed E-state index contributed by atoms with van der Waals surface area (Å²) >= 11 is 0. The molecule has 27 heavy (non-hydrogen) atoms. The predicted molar refractivity (Wildman–Crippen MR) is 109 cm³/mol. The van der Waals surface area contributed by atoms with Gasteiger partial charge in [-0.2, -0.15) is 5.10 Å². The largest absolute Gasteiger partial charge is 0.399 e. The minimum absolute atomic E-state index is 0.142. The summed E-state index contributed by atoms with van der Waals surface area (Å²) in [7, 11) is 0.